The third-order valence-corrected chi connectivity index (χ3v) is 4.44. The lowest BCUT2D eigenvalue weighted by Gasteiger charge is -2.12. The van der Waals surface area contributed by atoms with Gasteiger partial charge in [0.2, 0.25) is 0 Å². The van der Waals surface area contributed by atoms with E-state index in [1.165, 1.54) is 5.52 Å². The molecule has 0 aliphatic carbocycles. The molecular weight excluding hydrogens is 316 g/mol. The molecule has 2 aromatic carbocycles. The number of aromatic nitrogens is 2. The summed E-state index contributed by atoms with van der Waals surface area (Å²) in [7, 11) is 1.62. The SMILES string of the molecule is CCn1c(C)[n+](CC(O)COc2cccc(OC)c2)c2ccccc21. The first-order valence-electron chi connectivity index (χ1n) is 8.56. The van der Waals surface area contributed by atoms with Gasteiger partial charge in [0, 0.05) is 13.0 Å². The van der Waals surface area contributed by atoms with Crippen LogP contribution in [0, 0.1) is 6.92 Å². The summed E-state index contributed by atoms with van der Waals surface area (Å²) < 4.78 is 15.3. The Morgan fingerprint density at radius 2 is 1.88 bits per heavy atom. The quantitative estimate of drug-likeness (QED) is 0.672. The van der Waals surface area contributed by atoms with Gasteiger partial charge in [-0.1, -0.05) is 18.2 Å². The number of hydrogen-bond acceptors (Lipinski definition) is 3. The van der Waals surface area contributed by atoms with E-state index < -0.39 is 6.10 Å². The van der Waals surface area contributed by atoms with Crippen LogP contribution in [0.1, 0.15) is 12.7 Å². The lowest BCUT2D eigenvalue weighted by Crippen LogP contribution is -2.44. The predicted molar refractivity (Wildman–Crippen MR) is 97.0 cm³/mol. The van der Waals surface area contributed by atoms with Crippen LogP contribution in [0.25, 0.3) is 11.0 Å². The number of ether oxygens (including phenoxy) is 2. The van der Waals surface area contributed by atoms with Crippen molar-refractivity contribution in [2.45, 2.75) is 33.0 Å². The van der Waals surface area contributed by atoms with Gasteiger partial charge in [-0.15, -0.1) is 0 Å². The first-order valence-corrected chi connectivity index (χ1v) is 8.56. The average molecular weight is 341 g/mol. The van der Waals surface area contributed by atoms with Gasteiger partial charge >= 0.3 is 0 Å². The number of aliphatic hydroxyl groups excluding tert-OH is 1. The number of fused-ring (bicyclic) bond motifs is 1. The van der Waals surface area contributed by atoms with Crippen molar-refractivity contribution in [3.63, 3.8) is 0 Å². The second-order valence-electron chi connectivity index (χ2n) is 6.03. The average Bonchev–Trinajstić information content (AvgIpc) is 2.91. The Balaban J connectivity index is 1.74. The zero-order chi connectivity index (χ0) is 17.8. The van der Waals surface area contributed by atoms with Crippen molar-refractivity contribution in [3.05, 3.63) is 54.4 Å². The van der Waals surface area contributed by atoms with Crippen molar-refractivity contribution in [1.82, 2.24) is 4.57 Å². The molecule has 3 rings (SSSR count). The van der Waals surface area contributed by atoms with Crippen LogP contribution in [0.5, 0.6) is 11.5 Å². The lowest BCUT2D eigenvalue weighted by molar-refractivity contribution is -0.685. The molecule has 1 unspecified atom stereocenters. The molecule has 25 heavy (non-hydrogen) atoms. The van der Waals surface area contributed by atoms with Crippen LogP contribution in [0.4, 0.5) is 0 Å². The van der Waals surface area contributed by atoms with E-state index >= 15 is 0 Å². The largest absolute Gasteiger partial charge is 0.497 e. The van der Waals surface area contributed by atoms with Crippen LogP contribution >= 0.6 is 0 Å². The summed E-state index contributed by atoms with van der Waals surface area (Å²) in [6.07, 6.45) is -0.606. The fraction of sp³-hybridized carbons (Fsp3) is 0.350. The molecule has 0 aliphatic rings. The van der Waals surface area contributed by atoms with Crippen LogP contribution in [0.3, 0.4) is 0 Å². The van der Waals surface area contributed by atoms with Gasteiger partial charge in [-0.2, -0.15) is 0 Å². The predicted octanol–water partition coefficient (Wildman–Crippen LogP) is 2.71. The van der Waals surface area contributed by atoms with E-state index in [9.17, 15) is 5.11 Å². The van der Waals surface area contributed by atoms with Crippen molar-refractivity contribution in [3.8, 4) is 11.5 Å². The Morgan fingerprint density at radius 1 is 1.12 bits per heavy atom. The molecule has 3 aromatic rings. The molecule has 0 radical (unpaired) electrons. The number of benzene rings is 2. The summed E-state index contributed by atoms with van der Waals surface area (Å²) in [5.41, 5.74) is 2.31. The van der Waals surface area contributed by atoms with Crippen LogP contribution in [0.15, 0.2) is 48.5 Å². The fourth-order valence-corrected chi connectivity index (χ4v) is 3.19. The first kappa shape index (κ1) is 17.3. The number of rotatable bonds is 7. The fourth-order valence-electron chi connectivity index (χ4n) is 3.19. The van der Waals surface area contributed by atoms with Gasteiger partial charge in [-0.05, 0) is 31.2 Å². The monoisotopic (exact) mass is 341 g/mol. The highest BCUT2D eigenvalue weighted by Crippen LogP contribution is 2.19. The Morgan fingerprint density at radius 3 is 2.64 bits per heavy atom. The molecule has 0 bridgehead atoms. The maximum atomic E-state index is 10.5. The van der Waals surface area contributed by atoms with E-state index in [0.717, 1.165) is 23.6 Å². The molecule has 1 atom stereocenters. The van der Waals surface area contributed by atoms with Crippen LogP contribution < -0.4 is 14.0 Å². The van der Waals surface area contributed by atoms with E-state index in [2.05, 4.69) is 35.1 Å². The highest BCUT2D eigenvalue weighted by atomic mass is 16.5. The molecule has 0 fully saturated rings. The lowest BCUT2D eigenvalue weighted by atomic mass is 10.3. The number of aliphatic hydroxyl groups is 1. The standard InChI is InChI=1S/C20H25N2O3/c1-4-21-15(2)22(20-11-6-5-10-19(20)21)13-16(23)14-25-18-9-7-8-17(12-18)24-3/h5-12,16,23H,4,13-14H2,1-3H3/q+1. The number of methoxy groups -OCH3 is 1. The van der Waals surface area contributed by atoms with Crippen LogP contribution in [-0.2, 0) is 13.1 Å². The number of imidazole rings is 1. The molecular formula is C20H25N2O3+. The second-order valence-corrected chi connectivity index (χ2v) is 6.03. The molecule has 5 nitrogen and oxygen atoms in total. The van der Waals surface area contributed by atoms with Gasteiger partial charge in [0.15, 0.2) is 11.0 Å². The Bertz CT molecular complexity index is 857. The highest BCUT2D eigenvalue weighted by molar-refractivity contribution is 5.72. The van der Waals surface area contributed by atoms with Crippen molar-refractivity contribution >= 4 is 11.0 Å². The summed E-state index contributed by atoms with van der Waals surface area (Å²) in [4.78, 5) is 0. The smallest absolute Gasteiger partial charge is 0.254 e. The molecule has 1 aromatic heterocycles. The number of nitrogens with zero attached hydrogens (tertiary/aromatic N) is 2. The molecule has 1 heterocycles. The minimum absolute atomic E-state index is 0.227. The van der Waals surface area contributed by atoms with E-state index in [1.54, 1.807) is 7.11 Å². The third kappa shape index (κ3) is 3.61. The topological polar surface area (TPSA) is 47.5 Å². The van der Waals surface area contributed by atoms with Gasteiger partial charge in [0.25, 0.3) is 5.82 Å². The maximum absolute atomic E-state index is 10.5. The van der Waals surface area contributed by atoms with Crippen molar-refractivity contribution in [2.24, 2.45) is 0 Å². The zero-order valence-electron chi connectivity index (χ0n) is 15.0. The van der Waals surface area contributed by atoms with E-state index in [0.29, 0.717) is 12.3 Å². The maximum Gasteiger partial charge on any atom is 0.254 e. The molecule has 0 aliphatic heterocycles. The third-order valence-electron chi connectivity index (χ3n) is 4.44. The van der Waals surface area contributed by atoms with Gasteiger partial charge in [0.1, 0.15) is 30.8 Å². The van der Waals surface area contributed by atoms with Gasteiger partial charge in [-0.3, -0.25) is 0 Å². The highest BCUT2D eigenvalue weighted by Gasteiger charge is 2.22. The summed E-state index contributed by atoms with van der Waals surface area (Å²) in [6, 6.07) is 15.7. The molecule has 0 amide bonds. The van der Waals surface area contributed by atoms with Crippen molar-refractivity contribution < 1.29 is 19.1 Å². The van der Waals surface area contributed by atoms with Crippen molar-refractivity contribution in [1.29, 1.82) is 0 Å². The number of hydrogen-bond donors (Lipinski definition) is 1. The minimum Gasteiger partial charge on any atom is -0.497 e. The minimum atomic E-state index is -0.606. The van der Waals surface area contributed by atoms with Gasteiger partial charge < -0.3 is 14.6 Å². The number of aryl methyl sites for hydroxylation is 1. The Labute approximate surface area is 148 Å². The summed E-state index contributed by atoms with van der Waals surface area (Å²) >= 11 is 0. The normalized spacial score (nSPS) is 12.3. The van der Waals surface area contributed by atoms with Crippen LogP contribution in [0.2, 0.25) is 0 Å². The zero-order valence-corrected chi connectivity index (χ0v) is 15.0. The van der Waals surface area contributed by atoms with Crippen molar-refractivity contribution in [2.75, 3.05) is 13.7 Å². The molecule has 5 heteroatoms. The summed E-state index contributed by atoms with van der Waals surface area (Å²) in [5.74, 6) is 2.56. The number of para-hydroxylation sites is 2. The molecule has 1 N–H and O–H groups in total. The molecule has 0 spiro atoms. The molecule has 0 saturated heterocycles. The molecule has 132 valence electrons. The van der Waals surface area contributed by atoms with E-state index in [4.69, 9.17) is 9.47 Å². The summed E-state index contributed by atoms with van der Waals surface area (Å²) in [6.45, 7) is 5.83. The van der Waals surface area contributed by atoms with E-state index in [1.807, 2.05) is 36.4 Å². The summed E-state index contributed by atoms with van der Waals surface area (Å²) in [5, 5.41) is 10.5. The van der Waals surface area contributed by atoms with Gasteiger partial charge in [0.05, 0.1) is 13.7 Å². The second kappa shape index (κ2) is 7.57. The Kier molecular flexibility index (Phi) is 5.24. The first-order chi connectivity index (χ1) is 12.1. The van der Waals surface area contributed by atoms with Gasteiger partial charge in [-0.25, -0.2) is 9.13 Å². The Hall–Kier alpha value is -2.53. The van der Waals surface area contributed by atoms with Crippen LogP contribution in [-0.4, -0.2) is 29.5 Å². The van der Waals surface area contributed by atoms with E-state index in [-0.39, 0.29) is 6.61 Å². The molecule has 0 saturated carbocycles.